The van der Waals surface area contributed by atoms with Gasteiger partial charge in [-0.15, -0.1) is 0 Å². The van der Waals surface area contributed by atoms with Crippen LogP contribution in [0.3, 0.4) is 0 Å². The van der Waals surface area contributed by atoms with Crippen molar-refractivity contribution in [1.82, 2.24) is 4.31 Å². The van der Waals surface area contributed by atoms with Gasteiger partial charge in [0.05, 0.1) is 4.90 Å². The average molecular weight is 293 g/mol. The van der Waals surface area contributed by atoms with Gasteiger partial charge in [-0.25, -0.2) is 8.42 Å². The van der Waals surface area contributed by atoms with E-state index in [1.807, 2.05) is 12.1 Å². The molecule has 1 saturated heterocycles. The van der Waals surface area contributed by atoms with E-state index >= 15 is 0 Å². The number of fused-ring (bicyclic) bond motifs is 1. The zero-order chi connectivity index (χ0) is 14.5. The van der Waals surface area contributed by atoms with E-state index in [2.05, 4.69) is 20.8 Å². The molecule has 1 heterocycles. The zero-order valence-electron chi connectivity index (χ0n) is 12.5. The molecule has 3 rings (SSSR count). The molecule has 0 aromatic heterocycles. The molecule has 20 heavy (non-hydrogen) atoms. The summed E-state index contributed by atoms with van der Waals surface area (Å²) in [6, 6.07) is 7.97. The Labute approximate surface area is 122 Å². The molecule has 1 saturated carbocycles. The first-order valence-electron chi connectivity index (χ1n) is 7.46. The lowest BCUT2D eigenvalue weighted by Crippen LogP contribution is -2.16. The van der Waals surface area contributed by atoms with Crippen molar-refractivity contribution in [2.75, 3.05) is 0 Å². The number of benzene rings is 1. The third-order valence-corrected chi connectivity index (χ3v) is 6.52. The van der Waals surface area contributed by atoms with Crippen molar-refractivity contribution in [3.8, 4) is 0 Å². The predicted molar refractivity (Wildman–Crippen MR) is 80.2 cm³/mol. The summed E-state index contributed by atoms with van der Waals surface area (Å²) in [5, 5.41) is 0. The van der Waals surface area contributed by atoms with Crippen LogP contribution in [-0.4, -0.2) is 24.8 Å². The van der Waals surface area contributed by atoms with Crippen molar-refractivity contribution in [3.05, 3.63) is 29.8 Å². The largest absolute Gasteiger partial charge is 0.243 e. The van der Waals surface area contributed by atoms with E-state index in [1.54, 1.807) is 16.4 Å². The number of hydrogen-bond acceptors (Lipinski definition) is 2. The number of hydrogen-bond donors (Lipinski definition) is 0. The molecular formula is C16H23NO2S. The summed E-state index contributed by atoms with van der Waals surface area (Å²) in [6.45, 7) is 6.40. The fourth-order valence-corrected chi connectivity index (χ4v) is 5.13. The quantitative estimate of drug-likeness (QED) is 0.785. The second kappa shape index (κ2) is 4.57. The molecule has 0 N–H and O–H groups in total. The fourth-order valence-electron chi connectivity index (χ4n) is 3.26. The van der Waals surface area contributed by atoms with E-state index < -0.39 is 10.0 Å². The van der Waals surface area contributed by atoms with Gasteiger partial charge < -0.3 is 0 Å². The van der Waals surface area contributed by atoms with E-state index in [0.717, 1.165) is 25.7 Å². The highest BCUT2D eigenvalue weighted by atomic mass is 32.2. The van der Waals surface area contributed by atoms with E-state index in [4.69, 9.17) is 0 Å². The molecule has 0 radical (unpaired) electrons. The molecule has 1 aliphatic heterocycles. The van der Waals surface area contributed by atoms with Crippen LogP contribution in [0, 0.1) is 0 Å². The predicted octanol–water partition coefficient (Wildman–Crippen LogP) is 3.30. The van der Waals surface area contributed by atoms with Crippen LogP contribution in [0.4, 0.5) is 0 Å². The number of rotatable bonds is 2. The van der Waals surface area contributed by atoms with Gasteiger partial charge in [0.2, 0.25) is 10.0 Å². The highest BCUT2D eigenvalue weighted by Gasteiger charge is 2.55. The molecule has 2 fully saturated rings. The Morgan fingerprint density at radius 3 is 1.95 bits per heavy atom. The van der Waals surface area contributed by atoms with Gasteiger partial charge in [-0.1, -0.05) is 45.7 Å². The number of nitrogens with zero attached hydrogens (tertiary/aromatic N) is 1. The van der Waals surface area contributed by atoms with Crippen LogP contribution in [0.2, 0.25) is 0 Å². The molecule has 4 heteroatoms. The number of sulfonamides is 1. The van der Waals surface area contributed by atoms with Crippen LogP contribution in [0.25, 0.3) is 0 Å². The third kappa shape index (κ3) is 2.29. The Bertz CT molecular complexity index is 586. The summed E-state index contributed by atoms with van der Waals surface area (Å²) in [7, 11) is -3.28. The molecule has 1 aromatic carbocycles. The van der Waals surface area contributed by atoms with E-state index in [-0.39, 0.29) is 17.5 Å². The molecule has 2 atom stereocenters. The second-order valence-corrected chi connectivity index (χ2v) is 8.87. The lowest BCUT2D eigenvalue weighted by molar-refractivity contribution is 0.544. The first-order valence-corrected chi connectivity index (χ1v) is 8.90. The van der Waals surface area contributed by atoms with Gasteiger partial charge in [0, 0.05) is 12.1 Å². The Morgan fingerprint density at radius 2 is 1.50 bits per heavy atom. The second-order valence-electron chi connectivity index (χ2n) is 7.03. The smallest absolute Gasteiger partial charge is 0.207 e. The van der Waals surface area contributed by atoms with Crippen molar-refractivity contribution >= 4 is 10.0 Å². The van der Waals surface area contributed by atoms with Gasteiger partial charge in [-0.2, -0.15) is 4.31 Å². The Hall–Kier alpha value is -0.870. The van der Waals surface area contributed by atoms with Gasteiger partial charge in [0.1, 0.15) is 0 Å². The van der Waals surface area contributed by atoms with Gasteiger partial charge in [-0.3, -0.25) is 0 Å². The molecule has 2 aliphatic rings. The Kier molecular flexibility index (Phi) is 3.22. The summed E-state index contributed by atoms with van der Waals surface area (Å²) < 4.78 is 27.0. The summed E-state index contributed by atoms with van der Waals surface area (Å²) in [6.07, 6.45) is 4.39. The summed E-state index contributed by atoms with van der Waals surface area (Å²) >= 11 is 0. The summed E-state index contributed by atoms with van der Waals surface area (Å²) in [5.74, 6) is 0. The maximum atomic E-state index is 12.6. The van der Waals surface area contributed by atoms with E-state index in [1.165, 1.54) is 5.56 Å². The molecule has 1 aliphatic carbocycles. The molecule has 0 amide bonds. The zero-order valence-corrected chi connectivity index (χ0v) is 13.3. The van der Waals surface area contributed by atoms with Crippen molar-refractivity contribution in [1.29, 1.82) is 0 Å². The van der Waals surface area contributed by atoms with Crippen molar-refractivity contribution in [2.24, 2.45) is 0 Å². The summed E-state index contributed by atoms with van der Waals surface area (Å²) in [4.78, 5) is 0.444. The van der Waals surface area contributed by atoms with Gasteiger partial charge in [-0.05, 0) is 36.0 Å². The van der Waals surface area contributed by atoms with Crippen LogP contribution in [0.5, 0.6) is 0 Å². The minimum Gasteiger partial charge on any atom is -0.207 e. The van der Waals surface area contributed by atoms with Crippen LogP contribution in [-0.2, 0) is 15.4 Å². The lowest BCUT2D eigenvalue weighted by atomic mass is 9.87. The molecule has 3 nitrogen and oxygen atoms in total. The monoisotopic (exact) mass is 293 g/mol. The SMILES string of the molecule is CC(C)(C)c1ccc(S(=O)(=O)N2[C@H]3CCCC[C@@H]32)cc1. The fraction of sp³-hybridized carbons (Fsp3) is 0.625. The van der Waals surface area contributed by atoms with Crippen molar-refractivity contribution < 1.29 is 8.42 Å². The highest BCUT2D eigenvalue weighted by Crippen LogP contribution is 2.44. The first kappa shape index (κ1) is 14.1. The Balaban J connectivity index is 1.85. The van der Waals surface area contributed by atoms with Crippen molar-refractivity contribution in [3.63, 3.8) is 0 Å². The topological polar surface area (TPSA) is 37.1 Å². The lowest BCUT2D eigenvalue weighted by Gasteiger charge is -2.19. The first-order chi connectivity index (χ1) is 9.32. The maximum Gasteiger partial charge on any atom is 0.243 e. The summed E-state index contributed by atoms with van der Waals surface area (Å²) in [5.41, 5.74) is 1.22. The van der Waals surface area contributed by atoms with E-state index in [9.17, 15) is 8.42 Å². The van der Waals surface area contributed by atoms with Crippen LogP contribution in [0.15, 0.2) is 29.2 Å². The average Bonchev–Trinajstić information content (AvgIpc) is 3.13. The van der Waals surface area contributed by atoms with Crippen LogP contribution in [0.1, 0.15) is 52.0 Å². The maximum absolute atomic E-state index is 12.6. The van der Waals surface area contributed by atoms with Gasteiger partial charge in [0.25, 0.3) is 0 Å². The molecular weight excluding hydrogens is 270 g/mol. The van der Waals surface area contributed by atoms with Crippen molar-refractivity contribution in [2.45, 2.75) is 68.8 Å². The molecule has 110 valence electrons. The highest BCUT2D eigenvalue weighted by molar-refractivity contribution is 7.89. The normalized spacial score (nSPS) is 29.9. The van der Waals surface area contributed by atoms with Crippen LogP contribution < -0.4 is 0 Å². The molecule has 0 unspecified atom stereocenters. The standard InChI is InChI=1S/C16H23NO2S/c1-16(2,3)12-8-10-13(11-9-12)20(18,19)17-14-6-4-5-7-15(14)17/h8-11,14-15H,4-7H2,1-3H3/t14-,15-/m0/s1. The van der Waals surface area contributed by atoms with Gasteiger partial charge in [0.15, 0.2) is 0 Å². The van der Waals surface area contributed by atoms with Crippen LogP contribution >= 0.6 is 0 Å². The minimum atomic E-state index is -3.28. The molecule has 0 bridgehead atoms. The minimum absolute atomic E-state index is 0.0517. The molecule has 0 spiro atoms. The third-order valence-electron chi connectivity index (χ3n) is 4.55. The molecule has 1 aromatic rings. The van der Waals surface area contributed by atoms with E-state index in [0.29, 0.717) is 4.90 Å². The Morgan fingerprint density at radius 1 is 1.00 bits per heavy atom. The van der Waals surface area contributed by atoms with Gasteiger partial charge >= 0.3 is 0 Å².